The number of aromatic nitrogens is 3. The number of alkyl halides is 6. The zero-order chi connectivity index (χ0) is 31.6. The second-order valence-corrected chi connectivity index (χ2v) is 10.1. The summed E-state index contributed by atoms with van der Waals surface area (Å²) in [6.45, 7) is 0.892. The lowest BCUT2D eigenvalue weighted by atomic mass is 10.1. The topological polar surface area (TPSA) is 102 Å². The van der Waals surface area contributed by atoms with Gasteiger partial charge in [-0.3, -0.25) is 4.98 Å². The first kappa shape index (κ1) is 30.9. The molecule has 5 rings (SSSR count). The SMILES string of the molecule is COc1cc2nccc(COc3nsnc3N3CCN(C(=O)Nc4cc(C(F)(F)F)cc(C(F)(F)F)c4)CC3)c2cc1OC. The number of carbonyl (C=O) groups is 1. The van der Waals surface area contributed by atoms with E-state index in [-0.39, 0.29) is 44.7 Å². The first-order chi connectivity index (χ1) is 20.9. The van der Waals surface area contributed by atoms with Crippen molar-refractivity contribution in [2.75, 3.05) is 50.6 Å². The molecule has 0 radical (unpaired) electrons. The number of nitrogens with zero attached hydrogens (tertiary/aromatic N) is 5. The van der Waals surface area contributed by atoms with E-state index in [0.717, 1.165) is 22.7 Å². The van der Waals surface area contributed by atoms with Crippen molar-refractivity contribution in [1.29, 1.82) is 0 Å². The van der Waals surface area contributed by atoms with E-state index < -0.39 is 35.2 Å². The van der Waals surface area contributed by atoms with Gasteiger partial charge >= 0.3 is 18.4 Å². The average molecular weight is 643 g/mol. The summed E-state index contributed by atoms with van der Waals surface area (Å²) in [5.74, 6) is 1.77. The second kappa shape index (κ2) is 12.2. The summed E-state index contributed by atoms with van der Waals surface area (Å²) in [6, 6.07) is 5.45. The maximum absolute atomic E-state index is 13.2. The molecule has 0 saturated carbocycles. The molecule has 2 amide bonds. The predicted octanol–water partition coefficient (Wildman–Crippen LogP) is 6.07. The first-order valence-corrected chi connectivity index (χ1v) is 13.7. The Kier molecular flexibility index (Phi) is 8.58. The summed E-state index contributed by atoms with van der Waals surface area (Å²) >= 11 is 0.933. The molecule has 0 atom stereocenters. The van der Waals surface area contributed by atoms with Crippen molar-refractivity contribution in [3.05, 3.63) is 59.3 Å². The van der Waals surface area contributed by atoms with Crippen LogP contribution >= 0.6 is 11.7 Å². The maximum atomic E-state index is 13.2. The highest BCUT2D eigenvalue weighted by atomic mass is 32.1. The van der Waals surface area contributed by atoms with Gasteiger partial charge in [0.05, 0.1) is 42.6 Å². The van der Waals surface area contributed by atoms with Crippen LogP contribution in [0, 0.1) is 0 Å². The molecule has 0 unspecified atom stereocenters. The number of hydrogen-bond donors (Lipinski definition) is 1. The predicted molar refractivity (Wildman–Crippen MR) is 148 cm³/mol. The van der Waals surface area contributed by atoms with Crippen LogP contribution in [0.25, 0.3) is 10.9 Å². The van der Waals surface area contributed by atoms with E-state index in [1.807, 2.05) is 4.90 Å². The molecule has 234 valence electrons. The van der Waals surface area contributed by atoms with Crippen molar-refractivity contribution in [1.82, 2.24) is 18.6 Å². The number of pyridine rings is 1. The van der Waals surface area contributed by atoms with Gasteiger partial charge in [-0.2, -0.15) is 30.7 Å². The van der Waals surface area contributed by atoms with E-state index >= 15 is 0 Å². The van der Waals surface area contributed by atoms with Crippen LogP contribution in [-0.4, -0.2) is 65.1 Å². The minimum absolute atomic E-state index is 0.00112. The number of ether oxygens (including phenoxy) is 3. The third-order valence-corrected chi connectivity index (χ3v) is 7.35. The first-order valence-electron chi connectivity index (χ1n) is 12.9. The van der Waals surface area contributed by atoms with Crippen molar-refractivity contribution in [2.45, 2.75) is 19.0 Å². The van der Waals surface area contributed by atoms with Gasteiger partial charge in [0.15, 0.2) is 11.5 Å². The van der Waals surface area contributed by atoms with E-state index in [4.69, 9.17) is 14.2 Å². The molecule has 10 nitrogen and oxygen atoms in total. The molecule has 1 saturated heterocycles. The van der Waals surface area contributed by atoms with E-state index in [9.17, 15) is 31.1 Å². The Labute approximate surface area is 250 Å². The van der Waals surface area contributed by atoms with Crippen LogP contribution < -0.4 is 24.4 Å². The molecule has 0 spiro atoms. The number of nitrogens with one attached hydrogen (secondary N) is 1. The van der Waals surface area contributed by atoms with Crippen LogP contribution in [0.15, 0.2) is 42.6 Å². The number of piperazine rings is 1. The lowest BCUT2D eigenvalue weighted by molar-refractivity contribution is -0.143. The van der Waals surface area contributed by atoms with Crippen LogP contribution in [-0.2, 0) is 19.0 Å². The number of urea groups is 1. The Morgan fingerprint density at radius 1 is 0.909 bits per heavy atom. The molecular weight excluding hydrogens is 618 g/mol. The Bertz CT molecular complexity index is 1620. The number of carbonyl (C=O) groups excluding carboxylic acids is 1. The fourth-order valence-corrected chi connectivity index (χ4v) is 5.13. The number of halogens is 6. The molecule has 0 bridgehead atoms. The monoisotopic (exact) mass is 642 g/mol. The van der Waals surface area contributed by atoms with Crippen molar-refractivity contribution in [2.24, 2.45) is 0 Å². The molecule has 4 aromatic rings. The standard InChI is InChI=1S/C27H24F6N6O4S/c1-41-21-12-19-15(3-4-34-20(19)13-22(21)42-2)14-43-24-23(36-44-37-24)38-5-7-39(8-6-38)25(40)35-18-10-16(26(28,29)30)9-17(11-18)27(31,32)33/h3-4,9-13H,5-8,14H2,1-2H3,(H,35,40). The Morgan fingerprint density at radius 3 is 2.16 bits per heavy atom. The number of hydrogen-bond acceptors (Lipinski definition) is 9. The maximum Gasteiger partial charge on any atom is 0.416 e. The van der Waals surface area contributed by atoms with Gasteiger partial charge in [0, 0.05) is 55.1 Å². The van der Waals surface area contributed by atoms with Gasteiger partial charge in [0.25, 0.3) is 5.88 Å². The molecule has 2 aromatic carbocycles. The fraction of sp³-hybridized carbons (Fsp3) is 0.333. The molecular formula is C27H24F6N6O4S. The summed E-state index contributed by atoms with van der Waals surface area (Å²) in [6.07, 6.45) is -8.42. The van der Waals surface area contributed by atoms with Crippen molar-refractivity contribution in [3.63, 3.8) is 0 Å². The van der Waals surface area contributed by atoms with Gasteiger partial charge in [0.2, 0.25) is 5.82 Å². The molecule has 1 aliphatic heterocycles. The average Bonchev–Trinajstić information content (AvgIpc) is 3.47. The Morgan fingerprint density at radius 2 is 1.55 bits per heavy atom. The minimum atomic E-state index is -5.03. The molecule has 1 aliphatic rings. The molecule has 17 heteroatoms. The van der Waals surface area contributed by atoms with E-state index in [1.54, 1.807) is 24.4 Å². The van der Waals surface area contributed by atoms with Crippen molar-refractivity contribution < 1.29 is 45.3 Å². The molecule has 0 aliphatic carbocycles. The summed E-state index contributed by atoms with van der Waals surface area (Å²) in [5, 5.41) is 2.95. The fourth-order valence-electron chi connectivity index (χ4n) is 4.61. The second-order valence-electron chi connectivity index (χ2n) is 9.57. The van der Waals surface area contributed by atoms with Crippen molar-refractivity contribution >= 4 is 40.2 Å². The third-order valence-electron chi connectivity index (χ3n) is 6.85. The highest BCUT2D eigenvalue weighted by Gasteiger charge is 2.37. The summed E-state index contributed by atoms with van der Waals surface area (Å²) < 4.78 is 104. The zero-order valence-electron chi connectivity index (χ0n) is 23.1. The zero-order valence-corrected chi connectivity index (χ0v) is 23.9. The van der Waals surface area contributed by atoms with Crippen LogP contribution in [0.5, 0.6) is 17.4 Å². The third kappa shape index (κ3) is 6.66. The van der Waals surface area contributed by atoms with Gasteiger partial charge in [-0.25, -0.2) is 4.79 Å². The smallest absolute Gasteiger partial charge is 0.416 e. The Hall–Kier alpha value is -4.54. The van der Waals surface area contributed by atoms with Crippen LogP contribution in [0.4, 0.5) is 42.6 Å². The molecule has 1 fully saturated rings. The lowest BCUT2D eigenvalue weighted by Gasteiger charge is -2.34. The lowest BCUT2D eigenvalue weighted by Crippen LogP contribution is -2.50. The van der Waals surface area contributed by atoms with E-state index in [1.165, 1.54) is 19.1 Å². The van der Waals surface area contributed by atoms with Crippen LogP contribution in [0.3, 0.4) is 0 Å². The Balaban J connectivity index is 1.23. The number of anilines is 2. The van der Waals surface area contributed by atoms with Crippen LogP contribution in [0.2, 0.25) is 0 Å². The quantitative estimate of drug-likeness (QED) is 0.243. The van der Waals surface area contributed by atoms with Gasteiger partial charge in [-0.05, 0) is 30.3 Å². The van der Waals surface area contributed by atoms with Crippen LogP contribution in [0.1, 0.15) is 16.7 Å². The number of rotatable bonds is 7. The number of fused-ring (bicyclic) bond motifs is 1. The number of methoxy groups -OCH3 is 2. The van der Waals surface area contributed by atoms with E-state index in [0.29, 0.717) is 35.0 Å². The molecule has 3 heterocycles. The summed E-state index contributed by atoms with van der Waals surface area (Å²) in [4.78, 5) is 20.3. The van der Waals surface area contributed by atoms with E-state index in [2.05, 4.69) is 19.0 Å². The highest BCUT2D eigenvalue weighted by molar-refractivity contribution is 6.99. The summed E-state index contributed by atoms with van der Waals surface area (Å²) in [5.41, 5.74) is -2.17. The van der Waals surface area contributed by atoms with Gasteiger partial charge in [0.1, 0.15) is 6.61 Å². The normalized spacial score (nSPS) is 14.1. The molecule has 44 heavy (non-hydrogen) atoms. The minimum Gasteiger partial charge on any atom is -0.493 e. The van der Waals surface area contributed by atoms with Gasteiger partial charge < -0.3 is 29.3 Å². The van der Waals surface area contributed by atoms with Gasteiger partial charge in [-0.15, -0.1) is 4.37 Å². The summed E-state index contributed by atoms with van der Waals surface area (Å²) in [7, 11) is 3.06. The largest absolute Gasteiger partial charge is 0.493 e. The number of benzene rings is 2. The number of amides is 2. The molecule has 2 aromatic heterocycles. The molecule has 1 N–H and O–H groups in total. The van der Waals surface area contributed by atoms with Crippen molar-refractivity contribution in [3.8, 4) is 17.4 Å². The van der Waals surface area contributed by atoms with Gasteiger partial charge in [-0.1, -0.05) is 0 Å². The highest BCUT2D eigenvalue weighted by Crippen LogP contribution is 2.38.